The van der Waals surface area contributed by atoms with Crippen LogP contribution >= 0.6 is 11.8 Å². The molecule has 0 N–H and O–H groups in total. The SMILES string of the molecule is CCOC(=O)C=C1N2CCC(C(=O)OC(C)C)=C2SC1(C)C. The van der Waals surface area contributed by atoms with Gasteiger partial charge in [-0.05, 0) is 34.6 Å². The number of thioether (sulfide) groups is 1. The summed E-state index contributed by atoms with van der Waals surface area (Å²) in [4.78, 5) is 26.0. The largest absolute Gasteiger partial charge is 0.463 e. The van der Waals surface area contributed by atoms with Crippen molar-refractivity contribution in [3.63, 3.8) is 0 Å². The van der Waals surface area contributed by atoms with Crippen LogP contribution in [0.2, 0.25) is 0 Å². The first-order valence-corrected chi connectivity index (χ1v) is 8.37. The van der Waals surface area contributed by atoms with Crippen molar-refractivity contribution in [2.45, 2.75) is 51.9 Å². The highest BCUT2D eigenvalue weighted by Gasteiger charge is 2.45. The van der Waals surface area contributed by atoms with Gasteiger partial charge in [0, 0.05) is 24.7 Å². The molecule has 0 radical (unpaired) electrons. The van der Waals surface area contributed by atoms with Crippen LogP contribution in [0.3, 0.4) is 0 Å². The van der Waals surface area contributed by atoms with E-state index in [1.807, 2.05) is 32.6 Å². The molecule has 2 aliphatic heterocycles. The van der Waals surface area contributed by atoms with Gasteiger partial charge in [0.1, 0.15) is 0 Å². The zero-order valence-corrected chi connectivity index (χ0v) is 14.6. The first kappa shape index (κ1) is 16.9. The number of carbonyl (C=O) groups excluding carboxylic acids is 2. The van der Waals surface area contributed by atoms with Crippen LogP contribution in [-0.2, 0) is 19.1 Å². The molecule has 1 saturated heterocycles. The van der Waals surface area contributed by atoms with Crippen molar-refractivity contribution >= 4 is 23.7 Å². The maximum Gasteiger partial charge on any atom is 0.336 e. The molecule has 1 fully saturated rings. The minimum absolute atomic E-state index is 0.136. The third-order valence-corrected chi connectivity index (χ3v) is 4.86. The van der Waals surface area contributed by atoms with Crippen molar-refractivity contribution in [2.75, 3.05) is 13.2 Å². The lowest BCUT2D eigenvalue weighted by Gasteiger charge is -2.22. The van der Waals surface area contributed by atoms with E-state index in [2.05, 4.69) is 0 Å². The zero-order chi connectivity index (χ0) is 16.5. The van der Waals surface area contributed by atoms with Crippen molar-refractivity contribution < 1.29 is 19.1 Å². The number of nitrogens with zero attached hydrogens (tertiary/aromatic N) is 1. The van der Waals surface area contributed by atoms with Gasteiger partial charge in [0.2, 0.25) is 0 Å². The summed E-state index contributed by atoms with van der Waals surface area (Å²) < 4.78 is 10.1. The fourth-order valence-corrected chi connectivity index (χ4v) is 3.95. The number of carbonyl (C=O) groups is 2. The summed E-state index contributed by atoms with van der Waals surface area (Å²) >= 11 is 1.60. The van der Waals surface area contributed by atoms with Gasteiger partial charge in [-0.15, -0.1) is 0 Å². The molecular formula is C16H23NO4S. The molecule has 0 aromatic rings. The van der Waals surface area contributed by atoms with Gasteiger partial charge in [0.05, 0.1) is 28.1 Å². The number of esters is 2. The lowest BCUT2D eigenvalue weighted by Crippen LogP contribution is -2.24. The van der Waals surface area contributed by atoms with Crippen LogP contribution < -0.4 is 0 Å². The zero-order valence-electron chi connectivity index (χ0n) is 13.8. The van der Waals surface area contributed by atoms with Gasteiger partial charge in [0.25, 0.3) is 0 Å². The Hall–Kier alpha value is -1.43. The minimum atomic E-state index is -0.342. The highest BCUT2D eigenvalue weighted by molar-refractivity contribution is 8.04. The van der Waals surface area contributed by atoms with E-state index < -0.39 is 0 Å². The van der Waals surface area contributed by atoms with E-state index in [0.717, 1.165) is 10.7 Å². The summed E-state index contributed by atoms with van der Waals surface area (Å²) in [6.07, 6.45) is 2.05. The fraction of sp³-hybridized carbons (Fsp3) is 0.625. The highest BCUT2D eigenvalue weighted by Crippen LogP contribution is 2.53. The van der Waals surface area contributed by atoms with Crippen molar-refractivity contribution in [3.05, 3.63) is 22.4 Å². The van der Waals surface area contributed by atoms with Crippen molar-refractivity contribution in [1.29, 1.82) is 0 Å². The average molecular weight is 325 g/mol. The van der Waals surface area contributed by atoms with Gasteiger partial charge < -0.3 is 14.4 Å². The number of hydrogen-bond acceptors (Lipinski definition) is 6. The maximum atomic E-state index is 12.2. The predicted octanol–water partition coefficient (Wildman–Crippen LogP) is 2.83. The molecular weight excluding hydrogens is 302 g/mol. The Bertz CT molecular complexity index is 548. The van der Waals surface area contributed by atoms with Crippen LogP contribution in [0.4, 0.5) is 0 Å². The lowest BCUT2D eigenvalue weighted by atomic mass is 10.1. The fourth-order valence-electron chi connectivity index (χ4n) is 2.58. The molecule has 0 aromatic carbocycles. The number of hydrogen-bond donors (Lipinski definition) is 0. The van der Waals surface area contributed by atoms with E-state index in [1.165, 1.54) is 0 Å². The topological polar surface area (TPSA) is 55.8 Å². The van der Waals surface area contributed by atoms with E-state index in [9.17, 15) is 9.59 Å². The molecule has 0 aromatic heterocycles. The van der Waals surface area contributed by atoms with Gasteiger partial charge in [-0.3, -0.25) is 0 Å². The molecule has 0 bridgehead atoms. The second kappa shape index (κ2) is 6.36. The molecule has 0 aliphatic carbocycles. The molecule has 0 spiro atoms. The van der Waals surface area contributed by atoms with E-state index in [0.29, 0.717) is 25.1 Å². The van der Waals surface area contributed by atoms with Crippen molar-refractivity contribution in [2.24, 2.45) is 0 Å². The molecule has 0 saturated carbocycles. The Morgan fingerprint density at radius 2 is 2.09 bits per heavy atom. The quantitative estimate of drug-likeness (QED) is 0.585. The van der Waals surface area contributed by atoms with E-state index >= 15 is 0 Å². The molecule has 5 nitrogen and oxygen atoms in total. The normalized spacial score (nSPS) is 21.5. The van der Waals surface area contributed by atoms with Gasteiger partial charge >= 0.3 is 11.9 Å². The smallest absolute Gasteiger partial charge is 0.336 e. The third kappa shape index (κ3) is 3.32. The highest BCUT2D eigenvalue weighted by atomic mass is 32.2. The number of fused-ring (bicyclic) bond motifs is 1. The van der Waals surface area contributed by atoms with Gasteiger partial charge in [-0.1, -0.05) is 11.8 Å². The summed E-state index contributed by atoms with van der Waals surface area (Å²) in [6.45, 7) is 10.6. The predicted molar refractivity (Wildman–Crippen MR) is 86.0 cm³/mol. The Morgan fingerprint density at radius 1 is 1.41 bits per heavy atom. The van der Waals surface area contributed by atoms with Crippen LogP contribution in [0.5, 0.6) is 0 Å². The molecule has 2 heterocycles. The molecule has 2 rings (SSSR count). The Kier molecular flexibility index (Phi) is 4.90. The van der Waals surface area contributed by atoms with Crippen LogP contribution in [0.1, 0.15) is 41.0 Å². The molecule has 0 unspecified atom stereocenters. The third-order valence-electron chi connectivity index (χ3n) is 3.48. The van der Waals surface area contributed by atoms with Crippen molar-refractivity contribution in [3.8, 4) is 0 Å². The monoisotopic (exact) mass is 325 g/mol. The van der Waals surface area contributed by atoms with Crippen LogP contribution in [0, 0.1) is 0 Å². The standard InChI is InChI=1S/C16H23NO4S/c1-6-20-13(18)9-12-16(4,5)22-14-11(7-8-17(12)14)15(19)21-10(2)3/h9-10H,6-8H2,1-5H3. The lowest BCUT2D eigenvalue weighted by molar-refractivity contribution is -0.142. The Morgan fingerprint density at radius 3 is 2.68 bits per heavy atom. The summed E-state index contributed by atoms with van der Waals surface area (Å²) in [7, 11) is 0. The second-order valence-electron chi connectivity index (χ2n) is 6.03. The first-order valence-electron chi connectivity index (χ1n) is 7.56. The Balaban J connectivity index is 2.30. The molecule has 122 valence electrons. The van der Waals surface area contributed by atoms with Crippen LogP contribution in [0.15, 0.2) is 22.4 Å². The van der Waals surface area contributed by atoms with Crippen LogP contribution in [-0.4, -0.2) is 40.8 Å². The molecule has 0 amide bonds. The first-order chi connectivity index (χ1) is 10.3. The molecule has 2 aliphatic rings. The maximum absolute atomic E-state index is 12.2. The second-order valence-corrected chi connectivity index (χ2v) is 7.64. The summed E-state index contributed by atoms with van der Waals surface area (Å²) in [5.41, 5.74) is 1.59. The van der Waals surface area contributed by atoms with E-state index in [-0.39, 0.29) is 22.8 Å². The molecule has 0 atom stereocenters. The van der Waals surface area contributed by atoms with Crippen molar-refractivity contribution in [1.82, 2.24) is 4.90 Å². The number of rotatable bonds is 4. The van der Waals surface area contributed by atoms with Gasteiger partial charge in [-0.25, -0.2) is 9.59 Å². The van der Waals surface area contributed by atoms with Crippen LogP contribution in [0.25, 0.3) is 0 Å². The van der Waals surface area contributed by atoms with E-state index in [4.69, 9.17) is 9.47 Å². The number of ether oxygens (including phenoxy) is 2. The minimum Gasteiger partial charge on any atom is -0.463 e. The Labute approximate surface area is 135 Å². The molecule has 22 heavy (non-hydrogen) atoms. The summed E-state index contributed by atoms with van der Waals surface area (Å²) in [5.74, 6) is -0.598. The van der Waals surface area contributed by atoms with Gasteiger partial charge in [-0.2, -0.15) is 0 Å². The summed E-state index contributed by atoms with van der Waals surface area (Å²) in [6, 6.07) is 0. The average Bonchev–Trinajstić information content (AvgIpc) is 2.87. The van der Waals surface area contributed by atoms with Gasteiger partial charge in [0.15, 0.2) is 0 Å². The summed E-state index contributed by atoms with van der Waals surface area (Å²) in [5, 5.41) is 0.909. The van der Waals surface area contributed by atoms with E-state index in [1.54, 1.807) is 24.8 Å². The molecule has 6 heteroatoms.